The van der Waals surface area contributed by atoms with E-state index in [2.05, 4.69) is 11.2 Å². The zero-order valence-corrected chi connectivity index (χ0v) is 18.0. The van der Waals surface area contributed by atoms with Crippen molar-refractivity contribution in [2.75, 3.05) is 19.7 Å². The van der Waals surface area contributed by atoms with E-state index in [4.69, 9.17) is 4.74 Å². The van der Waals surface area contributed by atoms with Gasteiger partial charge in [0.25, 0.3) is 5.91 Å². The zero-order chi connectivity index (χ0) is 21.5. The Balaban J connectivity index is 1.37. The summed E-state index contributed by atoms with van der Waals surface area (Å²) in [7, 11) is 0. The van der Waals surface area contributed by atoms with Gasteiger partial charge < -0.3 is 19.8 Å². The van der Waals surface area contributed by atoms with Gasteiger partial charge in [0.2, 0.25) is 0 Å². The number of rotatable bonds is 3. The number of benzene rings is 1. The monoisotopic (exact) mass is 413 g/mol. The van der Waals surface area contributed by atoms with Crippen LogP contribution in [0, 0.1) is 13.8 Å². The molecule has 0 radical (unpaired) electrons. The van der Waals surface area contributed by atoms with Gasteiger partial charge in [0.05, 0.1) is 30.0 Å². The first kappa shape index (κ1) is 21.0. The summed E-state index contributed by atoms with van der Waals surface area (Å²) in [5, 5.41) is 24.9. The van der Waals surface area contributed by atoms with Gasteiger partial charge in [0, 0.05) is 30.8 Å². The van der Waals surface area contributed by atoms with Crippen molar-refractivity contribution in [3.8, 4) is 0 Å². The van der Waals surface area contributed by atoms with Gasteiger partial charge in [-0.3, -0.25) is 9.48 Å². The summed E-state index contributed by atoms with van der Waals surface area (Å²) in [4.78, 5) is 14.8. The number of piperidine rings is 1. The third-order valence-electron chi connectivity index (χ3n) is 6.54. The molecule has 2 aromatic rings. The van der Waals surface area contributed by atoms with E-state index in [1.807, 2.05) is 47.7 Å². The summed E-state index contributed by atoms with van der Waals surface area (Å²) in [6.07, 6.45) is 0.857. The molecule has 1 aromatic carbocycles. The molecule has 1 aromatic heterocycles. The second kappa shape index (κ2) is 7.80. The molecule has 1 unspecified atom stereocenters. The molecule has 7 nitrogen and oxygen atoms in total. The lowest BCUT2D eigenvalue weighted by Gasteiger charge is -2.49. The Kier molecular flexibility index (Phi) is 5.46. The Morgan fingerprint density at radius 2 is 1.90 bits per heavy atom. The number of hydrogen-bond donors (Lipinski definition) is 2. The summed E-state index contributed by atoms with van der Waals surface area (Å²) < 4.78 is 7.88. The topological polar surface area (TPSA) is 87.8 Å². The zero-order valence-electron chi connectivity index (χ0n) is 18.0. The number of ether oxygens (including phenoxy) is 1. The maximum Gasteiger partial charge on any atom is 0.253 e. The first-order valence-electron chi connectivity index (χ1n) is 10.6. The Bertz CT molecular complexity index is 911. The number of hydrogen-bond acceptors (Lipinski definition) is 5. The smallest absolute Gasteiger partial charge is 0.253 e. The van der Waals surface area contributed by atoms with Gasteiger partial charge in [-0.05, 0) is 57.4 Å². The van der Waals surface area contributed by atoms with Gasteiger partial charge in [0.1, 0.15) is 6.10 Å². The fourth-order valence-electron chi connectivity index (χ4n) is 4.64. The van der Waals surface area contributed by atoms with Crippen LogP contribution in [0.5, 0.6) is 0 Å². The maximum absolute atomic E-state index is 13.0. The Labute approximate surface area is 177 Å². The van der Waals surface area contributed by atoms with Gasteiger partial charge in [-0.1, -0.05) is 12.1 Å². The molecule has 3 heterocycles. The van der Waals surface area contributed by atoms with Crippen LogP contribution in [0.25, 0.3) is 0 Å². The van der Waals surface area contributed by atoms with Crippen molar-refractivity contribution in [3.63, 3.8) is 0 Å². The molecule has 0 bridgehead atoms. The fourth-order valence-corrected chi connectivity index (χ4v) is 4.64. The highest BCUT2D eigenvalue weighted by atomic mass is 16.5. The average Bonchev–Trinajstić information content (AvgIpc) is 3.02. The first-order chi connectivity index (χ1) is 14.2. The summed E-state index contributed by atoms with van der Waals surface area (Å²) in [5.74, 6) is 0.0186. The van der Waals surface area contributed by atoms with E-state index in [1.54, 1.807) is 6.92 Å². The summed E-state index contributed by atoms with van der Waals surface area (Å²) in [6.45, 7) is 7.66. The van der Waals surface area contributed by atoms with Crippen LogP contribution in [-0.4, -0.2) is 67.8 Å². The number of aryl methyl sites for hydroxylation is 2. The van der Waals surface area contributed by atoms with E-state index < -0.39 is 17.3 Å². The second-order valence-electron chi connectivity index (χ2n) is 9.12. The van der Waals surface area contributed by atoms with Crippen molar-refractivity contribution < 1.29 is 19.7 Å². The minimum Gasteiger partial charge on any atom is -0.388 e. The van der Waals surface area contributed by atoms with E-state index in [0.29, 0.717) is 44.5 Å². The third-order valence-corrected chi connectivity index (χ3v) is 6.54. The van der Waals surface area contributed by atoms with E-state index in [-0.39, 0.29) is 12.5 Å². The molecule has 2 atom stereocenters. The molecule has 7 heteroatoms. The van der Waals surface area contributed by atoms with Gasteiger partial charge >= 0.3 is 0 Å². The Morgan fingerprint density at radius 1 is 1.23 bits per heavy atom. The standard InChI is InChI=1S/C23H31N3O4/c1-16-12-17(2)26(24-16)13-18-4-6-19(7-5-18)21(28)25-10-8-23(9-11-25)15-22(3,29)20(27)14-30-23/h4-7,12,20,27,29H,8-11,13-15H2,1-3H3/t20?,22-/m0/s1. The van der Waals surface area contributed by atoms with E-state index in [1.165, 1.54) is 0 Å². The number of carbonyl (C=O) groups excluding carboxylic acids is 1. The van der Waals surface area contributed by atoms with Crippen LogP contribution >= 0.6 is 0 Å². The van der Waals surface area contributed by atoms with Crippen LogP contribution in [-0.2, 0) is 11.3 Å². The lowest BCUT2D eigenvalue weighted by Crippen LogP contribution is -2.59. The van der Waals surface area contributed by atoms with Crippen molar-refractivity contribution in [2.45, 2.75) is 63.9 Å². The first-order valence-corrected chi connectivity index (χ1v) is 10.6. The Morgan fingerprint density at radius 3 is 2.47 bits per heavy atom. The summed E-state index contributed by atoms with van der Waals surface area (Å²) in [5.41, 5.74) is 2.29. The number of aliphatic hydroxyl groups is 2. The average molecular weight is 414 g/mol. The second-order valence-corrected chi connectivity index (χ2v) is 9.12. The predicted octanol–water partition coefficient (Wildman–Crippen LogP) is 2.06. The number of carbonyl (C=O) groups is 1. The molecule has 0 saturated carbocycles. The third kappa shape index (κ3) is 4.15. The highest BCUT2D eigenvalue weighted by Gasteiger charge is 2.49. The lowest BCUT2D eigenvalue weighted by atomic mass is 9.76. The molecule has 1 spiro atoms. The van der Waals surface area contributed by atoms with Gasteiger partial charge in [-0.2, -0.15) is 5.10 Å². The minimum absolute atomic E-state index is 0.0186. The highest BCUT2D eigenvalue weighted by molar-refractivity contribution is 5.94. The highest BCUT2D eigenvalue weighted by Crippen LogP contribution is 2.39. The van der Waals surface area contributed by atoms with Gasteiger partial charge in [-0.25, -0.2) is 0 Å². The number of aliphatic hydroxyl groups excluding tert-OH is 1. The van der Waals surface area contributed by atoms with Crippen LogP contribution in [0.4, 0.5) is 0 Å². The largest absolute Gasteiger partial charge is 0.388 e. The summed E-state index contributed by atoms with van der Waals surface area (Å²) >= 11 is 0. The number of amides is 1. The molecule has 2 N–H and O–H groups in total. The molecule has 30 heavy (non-hydrogen) atoms. The normalized spacial score (nSPS) is 26.2. The number of nitrogens with zero attached hydrogens (tertiary/aromatic N) is 3. The van der Waals surface area contributed by atoms with Crippen LogP contribution in [0.3, 0.4) is 0 Å². The number of likely N-dealkylation sites (tertiary alicyclic amines) is 1. The van der Waals surface area contributed by atoms with E-state index in [9.17, 15) is 15.0 Å². The van der Waals surface area contributed by atoms with Crippen LogP contribution in [0.2, 0.25) is 0 Å². The molecule has 2 aliphatic heterocycles. The molecule has 162 valence electrons. The van der Waals surface area contributed by atoms with E-state index in [0.717, 1.165) is 17.0 Å². The minimum atomic E-state index is -1.15. The van der Waals surface area contributed by atoms with Crippen LogP contribution in [0.15, 0.2) is 30.3 Å². The predicted molar refractivity (Wildman–Crippen MR) is 112 cm³/mol. The lowest BCUT2D eigenvalue weighted by molar-refractivity contribution is -0.221. The molecule has 2 aliphatic rings. The van der Waals surface area contributed by atoms with Crippen molar-refractivity contribution in [1.29, 1.82) is 0 Å². The molecular weight excluding hydrogens is 382 g/mol. The molecule has 2 saturated heterocycles. The van der Waals surface area contributed by atoms with Crippen molar-refractivity contribution >= 4 is 5.91 Å². The quantitative estimate of drug-likeness (QED) is 0.804. The van der Waals surface area contributed by atoms with Crippen molar-refractivity contribution in [2.24, 2.45) is 0 Å². The molecular formula is C23H31N3O4. The van der Waals surface area contributed by atoms with Gasteiger partial charge in [-0.15, -0.1) is 0 Å². The van der Waals surface area contributed by atoms with Crippen molar-refractivity contribution in [1.82, 2.24) is 14.7 Å². The van der Waals surface area contributed by atoms with Gasteiger partial charge in [0.15, 0.2) is 0 Å². The van der Waals surface area contributed by atoms with E-state index >= 15 is 0 Å². The molecule has 0 aliphatic carbocycles. The summed E-state index contributed by atoms with van der Waals surface area (Å²) in [6, 6.07) is 9.78. The molecule has 4 rings (SSSR count). The molecule has 1 amide bonds. The number of aromatic nitrogens is 2. The SMILES string of the molecule is Cc1cc(C)n(Cc2ccc(C(=O)N3CCC4(CC3)C[C@](C)(O)C(O)CO4)cc2)n1. The Hall–Kier alpha value is -2.22. The molecule has 2 fully saturated rings. The maximum atomic E-state index is 13.0. The van der Waals surface area contributed by atoms with Crippen molar-refractivity contribution in [3.05, 3.63) is 52.8 Å². The van der Waals surface area contributed by atoms with Crippen LogP contribution in [0.1, 0.15) is 53.5 Å². The fraction of sp³-hybridized carbons (Fsp3) is 0.565. The van der Waals surface area contributed by atoms with Crippen LogP contribution < -0.4 is 0 Å².